The van der Waals surface area contributed by atoms with Gasteiger partial charge in [-0.05, 0) is 37.1 Å². The van der Waals surface area contributed by atoms with Crippen molar-refractivity contribution in [3.8, 4) is 17.2 Å². The van der Waals surface area contributed by atoms with Crippen LogP contribution in [0.2, 0.25) is 0 Å². The van der Waals surface area contributed by atoms with E-state index < -0.39 is 0 Å². The smallest absolute Gasteiger partial charge is 0.221 e. The van der Waals surface area contributed by atoms with Gasteiger partial charge in [-0.15, -0.1) is 0 Å². The minimum atomic E-state index is 0.151. The third-order valence-corrected chi connectivity index (χ3v) is 3.68. The largest absolute Gasteiger partial charge is 0.493 e. The first-order valence-corrected chi connectivity index (χ1v) is 8.03. The number of rotatable bonds is 9. The molecule has 0 fully saturated rings. The number of nitrogens with zero attached hydrogens (tertiary/aromatic N) is 2. The van der Waals surface area contributed by atoms with E-state index in [4.69, 9.17) is 31.4 Å². The van der Waals surface area contributed by atoms with Gasteiger partial charge in [-0.1, -0.05) is 0 Å². The molecule has 6 N–H and O–H groups in total. The van der Waals surface area contributed by atoms with Crippen molar-refractivity contribution < 1.29 is 14.2 Å². The Bertz CT molecular complexity index is 684. The second kappa shape index (κ2) is 8.93. The average molecular weight is 347 g/mol. The second-order valence-electron chi connectivity index (χ2n) is 5.49. The highest BCUT2D eigenvalue weighted by molar-refractivity contribution is 5.55. The fraction of sp³-hybridized carbons (Fsp3) is 0.412. The van der Waals surface area contributed by atoms with Crippen molar-refractivity contribution >= 4 is 11.8 Å². The summed E-state index contributed by atoms with van der Waals surface area (Å²) in [5, 5.41) is 0. The quantitative estimate of drug-likeness (QED) is 0.579. The van der Waals surface area contributed by atoms with Gasteiger partial charge in [-0.25, -0.2) is 4.98 Å². The summed E-state index contributed by atoms with van der Waals surface area (Å²) in [4.78, 5) is 7.96. The molecule has 1 aromatic carbocycles. The minimum Gasteiger partial charge on any atom is -0.493 e. The van der Waals surface area contributed by atoms with E-state index in [0.29, 0.717) is 42.6 Å². The number of ether oxygens (including phenoxy) is 3. The molecule has 2 rings (SSSR count). The monoisotopic (exact) mass is 347 g/mol. The lowest BCUT2D eigenvalue weighted by Crippen LogP contribution is -2.06. The van der Waals surface area contributed by atoms with Crippen LogP contribution >= 0.6 is 0 Å². The van der Waals surface area contributed by atoms with Crippen molar-refractivity contribution in [1.82, 2.24) is 9.97 Å². The van der Waals surface area contributed by atoms with Crippen LogP contribution in [0.5, 0.6) is 17.2 Å². The zero-order chi connectivity index (χ0) is 18.2. The maximum atomic E-state index is 5.91. The summed E-state index contributed by atoms with van der Waals surface area (Å²) >= 11 is 0. The molecule has 0 unspecified atom stereocenters. The number of nitrogens with two attached hydrogens (primary N) is 3. The average Bonchev–Trinajstić information content (AvgIpc) is 2.61. The van der Waals surface area contributed by atoms with Crippen molar-refractivity contribution in [2.45, 2.75) is 19.3 Å². The van der Waals surface area contributed by atoms with Crippen LogP contribution in [-0.4, -0.2) is 37.3 Å². The standard InChI is InChI=1S/C17H25N5O3/c1-23-13-8-11(7-12-10-21-17(20)22-16(12)19)9-14(24-2)15(13)25-6-4-3-5-18/h8-10H,3-7,18H2,1-2H3,(H4,19,20,21,22). The second-order valence-corrected chi connectivity index (χ2v) is 5.49. The molecule has 0 aliphatic carbocycles. The summed E-state index contributed by atoms with van der Waals surface area (Å²) in [7, 11) is 3.18. The number of anilines is 2. The molecule has 0 amide bonds. The van der Waals surface area contributed by atoms with Crippen LogP contribution in [0.25, 0.3) is 0 Å². The molecule has 0 aliphatic rings. The zero-order valence-corrected chi connectivity index (χ0v) is 14.6. The molecule has 8 heteroatoms. The summed E-state index contributed by atoms with van der Waals surface area (Å²) in [6, 6.07) is 3.77. The molecule has 2 aromatic rings. The molecule has 1 heterocycles. The van der Waals surface area contributed by atoms with Crippen LogP contribution in [-0.2, 0) is 6.42 Å². The van der Waals surface area contributed by atoms with Gasteiger partial charge >= 0.3 is 0 Å². The molecule has 25 heavy (non-hydrogen) atoms. The molecule has 1 aromatic heterocycles. The Labute approximate surface area is 147 Å². The first kappa shape index (κ1) is 18.6. The minimum absolute atomic E-state index is 0.151. The maximum absolute atomic E-state index is 5.91. The van der Waals surface area contributed by atoms with Gasteiger partial charge in [-0.3, -0.25) is 0 Å². The van der Waals surface area contributed by atoms with E-state index in [0.717, 1.165) is 24.0 Å². The summed E-state index contributed by atoms with van der Waals surface area (Å²) in [6.07, 6.45) is 3.91. The van der Waals surface area contributed by atoms with Crippen LogP contribution in [0, 0.1) is 0 Å². The van der Waals surface area contributed by atoms with Crippen LogP contribution in [0.4, 0.5) is 11.8 Å². The highest BCUT2D eigenvalue weighted by Crippen LogP contribution is 2.39. The first-order valence-electron chi connectivity index (χ1n) is 8.03. The number of aromatic nitrogens is 2. The predicted octanol–water partition coefficient (Wildman–Crippen LogP) is 1.37. The lowest BCUT2D eigenvalue weighted by molar-refractivity contribution is 0.269. The number of methoxy groups -OCH3 is 2. The topological polar surface area (TPSA) is 132 Å². The summed E-state index contributed by atoms with van der Waals surface area (Å²) in [5.74, 6) is 2.27. The Kier molecular flexibility index (Phi) is 6.64. The van der Waals surface area contributed by atoms with Gasteiger partial charge in [0.1, 0.15) is 5.82 Å². The number of hydrogen-bond donors (Lipinski definition) is 3. The Morgan fingerprint density at radius 3 is 2.28 bits per heavy atom. The maximum Gasteiger partial charge on any atom is 0.221 e. The van der Waals surface area contributed by atoms with Crippen molar-refractivity contribution in [3.63, 3.8) is 0 Å². The number of unbranched alkanes of at least 4 members (excludes halogenated alkanes) is 1. The van der Waals surface area contributed by atoms with Gasteiger partial charge < -0.3 is 31.4 Å². The number of benzene rings is 1. The summed E-state index contributed by atoms with van der Waals surface area (Å²) < 4.78 is 16.7. The van der Waals surface area contributed by atoms with E-state index in [1.807, 2.05) is 12.1 Å². The highest BCUT2D eigenvalue weighted by Gasteiger charge is 2.15. The summed E-state index contributed by atoms with van der Waals surface area (Å²) in [5.41, 5.74) is 18.6. The van der Waals surface area contributed by atoms with Crippen molar-refractivity contribution in [1.29, 1.82) is 0 Å². The molecule has 136 valence electrons. The SMILES string of the molecule is COc1cc(Cc2cnc(N)nc2N)cc(OC)c1OCCCCN. The van der Waals surface area contributed by atoms with Gasteiger partial charge in [-0.2, -0.15) is 4.98 Å². The molecule has 0 saturated heterocycles. The van der Waals surface area contributed by atoms with Gasteiger partial charge in [0.2, 0.25) is 11.7 Å². The summed E-state index contributed by atoms with van der Waals surface area (Å²) in [6.45, 7) is 1.18. The van der Waals surface area contributed by atoms with Gasteiger partial charge in [0, 0.05) is 18.2 Å². The Morgan fingerprint density at radius 1 is 1.04 bits per heavy atom. The molecular weight excluding hydrogens is 322 g/mol. The number of hydrogen-bond acceptors (Lipinski definition) is 8. The number of nitrogen functional groups attached to an aromatic ring is 2. The van der Waals surface area contributed by atoms with Crippen molar-refractivity contribution in [3.05, 3.63) is 29.5 Å². The Hall–Kier alpha value is -2.74. The van der Waals surface area contributed by atoms with E-state index >= 15 is 0 Å². The van der Waals surface area contributed by atoms with Crippen LogP contribution < -0.4 is 31.4 Å². The fourth-order valence-corrected chi connectivity index (χ4v) is 2.39. The third-order valence-electron chi connectivity index (χ3n) is 3.68. The molecule has 0 atom stereocenters. The van der Waals surface area contributed by atoms with E-state index in [2.05, 4.69) is 9.97 Å². The van der Waals surface area contributed by atoms with E-state index in [9.17, 15) is 0 Å². The molecular formula is C17H25N5O3. The van der Waals surface area contributed by atoms with Crippen molar-refractivity contribution in [2.24, 2.45) is 5.73 Å². The molecule has 0 spiro atoms. The molecule has 0 bridgehead atoms. The van der Waals surface area contributed by atoms with Gasteiger partial charge in [0.05, 0.1) is 20.8 Å². The van der Waals surface area contributed by atoms with Crippen LogP contribution in [0.15, 0.2) is 18.3 Å². The van der Waals surface area contributed by atoms with E-state index in [-0.39, 0.29) is 5.95 Å². The van der Waals surface area contributed by atoms with Crippen molar-refractivity contribution in [2.75, 3.05) is 38.8 Å². The lowest BCUT2D eigenvalue weighted by atomic mass is 10.1. The van der Waals surface area contributed by atoms with Crippen LogP contribution in [0.1, 0.15) is 24.0 Å². The first-order chi connectivity index (χ1) is 12.1. The molecule has 0 aliphatic heterocycles. The van der Waals surface area contributed by atoms with Gasteiger partial charge in [0.25, 0.3) is 0 Å². The Balaban J connectivity index is 2.25. The van der Waals surface area contributed by atoms with E-state index in [1.165, 1.54) is 0 Å². The fourth-order valence-electron chi connectivity index (χ4n) is 2.39. The predicted molar refractivity (Wildman–Crippen MR) is 97.0 cm³/mol. The highest BCUT2D eigenvalue weighted by atomic mass is 16.5. The Morgan fingerprint density at radius 2 is 1.72 bits per heavy atom. The van der Waals surface area contributed by atoms with E-state index in [1.54, 1.807) is 20.4 Å². The molecule has 0 saturated carbocycles. The third kappa shape index (κ3) is 4.87. The zero-order valence-electron chi connectivity index (χ0n) is 14.6. The van der Waals surface area contributed by atoms with Gasteiger partial charge in [0.15, 0.2) is 11.5 Å². The normalized spacial score (nSPS) is 10.5. The lowest BCUT2D eigenvalue weighted by Gasteiger charge is -2.16. The molecule has 8 nitrogen and oxygen atoms in total. The molecule has 0 radical (unpaired) electrons. The van der Waals surface area contributed by atoms with Crippen LogP contribution in [0.3, 0.4) is 0 Å².